The number of hydrogen-bond acceptors (Lipinski definition) is 3. The lowest BCUT2D eigenvalue weighted by molar-refractivity contribution is -0.121. The van der Waals surface area contributed by atoms with Crippen molar-refractivity contribution in [3.05, 3.63) is 64.7 Å². The van der Waals surface area contributed by atoms with E-state index in [2.05, 4.69) is 15.5 Å². The van der Waals surface area contributed by atoms with Crippen LogP contribution in [0.1, 0.15) is 42.6 Å². The minimum absolute atomic E-state index is 0.0389. The molecule has 30 heavy (non-hydrogen) atoms. The summed E-state index contributed by atoms with van der Waals surface area (Å²) in [7, 11) is 0. The summed E-state index contributed by atoms with van der Waals surface area (Å²) in [4.78, 5) is 27.8. The molecule has 3 rings (SSSR count). The van der Waals surface area contributed by atoms with Crippen LogP contribution in [0, 0.1) is 11.8 Å². The van der Waals surface area contributed by atoms with Crippen LogP contribution in [-0.2, 0) is 11.3 Å². The topological polar surface area (TPSA) is 61.4 Å². The summed E-state index contributed by atoms with van der Waals surface area (Å²) < 4.78 is 0. The van der Waals surface area contributed by atoms with Crippen LogP contribution >= 0.6 is 11.6 Å². The Bertz CT molecular complexity index is 884. The number of hydrogen-bond donors (Lipinski definition) is 2. The molecule has 6 heteroatoms. The minimum Gasteiger partial charge on any atom is -0.352 e. The van der Waals surface area contributed by atoms with Crippen molar-refractivity contribution in [1.82, 2.24) is 10.2 Å². The highest BCUT2D eigenvalue weighted by Crippen LogP contribution is 2.24. The molecule has 5 nitrogen and oxygen atoms in total. The maximum Gasteiger partial charge on any atom is 0.253 e. The maximum absolute atomic E-state index is 13.0. The fraction of sp³-hybridized carbons (Fsp3) is 0.417. The van der Waals surface area contributed by atoms with Gasteiger partial charge in [0.1, 0.15) is 0 Å². The third-order valence-electron chi connectivity index (χ3n) is 5.33. The van der Waals surface area contributed by atoms with Crippen LogP contribution in [0.2, 0.25) is 5.02 Å². The molecule has 0 spiro atoms. The predicted molar refractivity (Wildman–Crippen MR) is 122 cm³/mol. The van der Waals surface area contributed by atoms with Crippen LogP contribution in [-0.4, -0.2) is 36.3 Å². The van der Waals surface area contributed by atoms with Gasteiger partial charge in [-0.2, -0.15) is 0 Å². The zero-order valence-corrected chi connectivity index (χ0v) is 18.4. The molecule has 0 radical (unpaired) electrons. The SMILES string of the molecule is CC(C)CNC(=O)c1ccccc1NC(=O)C1CCCN(Cc2ccccc2Cl)C1. The molecule has 1 aliphatic rings. The molecule has 0 bridgehead atoms. The quantitative estimate of drug-likeness (QED) is 0.680. The molecular weight excluding hydrogens is 398 g/mol. The lowest BCUT2D eigenvalue weighted by atomic mass is 9.96. The number of halogens is 1. The highest BCUT2D eigenvalue weighted by atomic mass is 35.5. The van der Waals surface area contributed by atoms with E-state index in [9.17, 15) is 9.59 Å². The summed E-state index contributed by atoms with van der Waals surface area (Å²) in [5.41, 5.74) is 2.13. The number of nitrogens with one attached hydrogen (secondary N) is 2. The van der Waals surface area contributed by atoms with Gasteiger partial charge in [0.25, 0.3) is 5.91 Å². The third kappa shape index (κ3) is 6.07. The van der Waals surface area contributed by atoms with Gasteiger partial charge in [-0.1, -0.05) is 55.8 Å². The van der Waals surface area contributed by atoms with Gasteiger partial charge < -0.3 is 10.6 Å². The van der Waals surface area contributed by atoms with Crippen LogP contribution in [0.5, 0.6) is 0 Å². The highest BCUT2D eigenvalue weighted by molar-refractivity contribution is 6.31. The average molecular weight is 428 g/mol. The second-order valence-corrected chi connectivity index (χ2v) is 8.71. The Morgan fingerprint density at radius 1 is 1.13 bits per heavy atom. The molecule has 2 amide bonds. The number of carbonyl (C=O) groups excluding carboxylic acids is 2. The molecule has 1 atom stereocenters. The summed E-state index contributed by atoms with van der Waals surface area (Å²) in [6, 6.07) is 15.0. The first-order valence-corrected chi connectivity index (χ1v) is 11.0. The van der Waals surface area contributed by atoms with E-state index in [1.165, 1.54) is 0 Å². The monoisotopic (exact) mass is 427 g/mol. The van der Waals surface area contributed by atoms with Crippen molar-refractivity contribution in [2.75, 3.05) is 25.0 Å². The van der Waals surface area contributed by atoms with Crippen LogP contribution < -0.4 is 10.6 Å². The third-order valence-corrected chi connectivity index (χ3v) is 5.70. The van der Waals surface area contributed by atoms with Gasteiger partial charge >= 0.3 is 0 Å². The number of carbonyl (C=O) groups is 2. The molecular formula is C24H30ClN3O2. The van der Waals surface area contributed by atoms with Crippen LogP contribution in [0.3, 0.4) is 0 Å². The van der Waals surface area contributed by atoms with Gasteiger partial charge in [0.15, 0.2) is 0 Å². The molecule has 1 aliphatic heterocycles. The van der Waals surface area contributed by atoms with Gasteiger partial charge in [-0.05, 0) is 49.1 Å². The Labute approximate surface area is 183 Å². The molecule has 0 saturated carbocycles. The van der Waals surface area contributed by atoms with Crippen molar-refractivity contribution in [3.8, 4) is 0 Å². The summed E-state index contributed by atoms with van der Waals surface area (Å²) in [6.45, 7) is 7.05. The number of anilines is 1. The molecule has 1 unspecified atom stereocenters. The van der Waals surface area contributed by atoms with E-state index in [-0.39, 0.29) is 17.7 Å². The minimum atomic E-state index is -0.163. The van der Waals surface area contributed by atoms with E-state index in [1.54, 1.807) is 12.1 Å². The number of benzene rings is 2. The number of likely N-dealkylation sites (tertiary alicyclic amines) is 1. The predicted octanol–water partition coefficient (Wildman–Crippen LogP) is 4.58. The van der Waals surface area contributed by atoms with E-state index in [1.807, 2.05) is 50.2 Å². The molecule has 2 aromatic carbocycles. The van der Waals surface area contributed by atoms with Gasteiger partial charge in [-0.3, -0.25) is 14.5 Å². The largest absolute Gasteiger partial charge is 0.352 e. The normalized spacial score (nSPS) is 17.0. The molecule has 1 fully saturated rings. The standard InChI is InChI=1S/C24H30ClN3O2/c1-17(2)14-26-24(30)20-10-4-6-12-22(20)27-23(29)19-9-7-13-28(16-19)15-18-8-3-5-11-21(18)25/h3-6,8,10-12,17,19H,7,9,13-16H2,1-2H3,(H,26,30)(H,27,29). The Hall–Kier alpha value is -2.37. The summed E-state index contributed by atoms with van der Waals surface area (Å²) >= 11 is 6.30. The Morgan fingerprint density at radius 2 is 1.87 bits per heavy atom. The maximum atomic E-state index is 13.0. The van der Waals surface area contributed by atoms with Crippen molar-refractivity contribution >= 4 is 29.1 Å². The average Bonchev–Trinajstić information content (AvgIpc) is 2.74. The molecule has 2 N–H and O–H groups in total. The zero-order valence-electron chi connectivity index (χ0n) is 17.7. The Kier molecular flexibility index (Phi) is 7.88. The van der Waals surface area contributed by atoms with Crippen molar-refractivity contribution < 1.29 is 9.59 Å². The van der Waals surface area contributed by atoms with Crippen LogP contribution in [0.15, 0.2) is 48.5 Å². The van der Waals surface area contributed by atoms with E-state index in [0.717, 1.165) is 36.5 Å². The first-order valence-electron chi connectivity index (χ1n) is 10.6. The fourth-order valence-corrected chi connectivity index (χ4v) is 3.89. The first kappa shape index (κ1) is 22.3. The second-order valence-electron chi connectivity index (χ2n) is 8.30. The van der Waals surface area contributed by atoms with E-state index >= 15 is 0 Å². The highest BCUT2D eigenvalue weighted by Gasteiger charge is 2.27. The number of piperidine rings is 1. The van der Waals surface area contributed by atoms with Gasteiger partial charge in [0.05, 0.1) is 17.2 Å². The smallest absolute Gasteiger partial charge is 0.253 e. The molecule has 160 valence electrons. The van der Waals surface area contributed by atoms with Crippen LogP contribution in [0.4, 0.5) is 5.69 Å². The summed E-state index contributed by atoms with van der Waals surface area (Å²) in [5.74, 6) is 0.0432. The molecule has 0 aliphatic carbocycles. The molecule has 1 heterocycles. The number of para-hydroxylation sites is 1. The first-order chi connectivity index (χ1) is 14.4. The van der Waals surface area contributed by atoms with Crippen molar-refractivity contribution in [1.29, 1.82) is 0 Å². The molecule has 2 aromatic rings. The van der Waals surface area contributed by atoms with Crippen molar-refractivity contribution in [2.24, 2.45) is 11.8 Å². The zero-order chi connectivity index (χ0) is 21.5. The fourth-order valence-electron chi connectivity index (χ4n) is 3.70. The van der Waals surface area contributed by atoms with Crippen molar-refractivity contribution in [2.45, 2.75) is 33.2 Å². The van der Waals surface area contributed by atoms with Gasteiger partial charge in [-0.25, -0.2) is 0 Å². The van der Waals surface area contributed by atoms with Gasteiger partial charge in [0, 0.05) is 24.7 Å². The van der Waals surface area contributed by atoms with Gasteiger partial charge in [-0.15, -0.1) is 0 Å². The van der Waals surface area contributed by atoms with Crippen LogP contribution in [0.25, 0.3) is 0 Å². The Balaban J connectivity index is 1.63. The lowest BCUT2D eigenvalue weighted by Gasteiger charge is -2.32. The van der Waals surface area contributed by atoms with Gasteiger partial charge in [0.2, 0.25) is 5.91 Å². The lowest BCUT2D eigenvalue weighted by Crippen LogP contribution is -2.40. The Morgan fingerprint density at radius 3 is 2.63 bits per heavy atom. The number of nitrogens with zero attached hydrogens (tertiary/aromatic N) is 1. The second kappa shape index (κ2) is 10.6. The number of rotatable bonds is 7. The summed E-state index contributed by atoms with van der Waals surface area (Å²) in [5, 5.41) is 6.67. The molecule has 0 aromatic heterocycles. The van der Waals surface area contributed by atoms with E-state index in [4.69, 9.17) is 11.6 Å². The van der Waals surface area contributed by atoms with E-state index in [0.29, 0.717) is 30.3 Å². The van der Waals surface area contributed by atoms with Crippen molar-refractivity contribution in [3.63, 3.8) is 0 Å². The summed E-state index contributed by atoms with van der Waals surface area (Å²) in [6.07, 6.45) is 1.80. The number of amides is 2. The van der Waals surface area contributed by atoms with E-state index < -0.39 is 0 Å². The molecule has 1 saturated heterocycles.